The molecule has 1 amide bonds. The Morgan fingerprint density at radius 2 is 1.66 bits per heavy atom. The summed E-state index contributed by atoms with van der Waals surface area (Å²) in [7, 11) is 1.61. The number of para-hydroxylation sites is 3. The quantitative estimate of drug-likeness (QED) is 0.312. The number of thioether (sulfide) groups is 1. The summed E-state index contributed by atoms with van der Waals surface area (Å²) in [4.78, 5) is 12.5. The zero-order chi connectivity index (χ0) is 24.6. The SMILES string of the molecule is COc1ccccc1OC(C)c1nnc(SCC(=O)NCc2ccc(C)cc2)n1-c1ccccc1. The van der Waals surface area contributed by atoms with E-state index in [4.69, 9.17) is 9.47 Å². The second-order valence-electron chi connectivity index (χ2n) is 7.97. The molecule has 0 saturated carbocycles. The predicted octanol–water partition coefficient (Wildman–Crippen LogP) is 5.13. The molecule has 1 N–H and O–H groups in total. The van der Waals surface area contributed by atoms with Crippen molar-refractivity contribution in [3.05, 3.63) is 95.8 Å². The van der Waals surface area contributed by atoms with Crippen LogP contribution in [0.1, 0.15) is 30.0 Å². The van der Waals surface area contributed by atoms with Crippen LogP contribution in [0.2, 0.25) is 0 Å². The minimum Gasteiger partial charge on any atom is -0.493 e. The van der Waals surface area contributed by atoms with Crippen LogP contribution in [-0.4, -0.2) is 33.5 Å². The van der Waals surface area contributed by atoms with Gasteiger partial charge in [0.1, 0.15) is 0 Å². The lowest BCUT2D eigenvalue weighted by molar-refractivity contribution is -0.118. The molecule has 1 atom stereocenters. The Labute approximate surface area is 209 Å². The molecule has 0 aliphatic carbocycles. The molecule has 35 heavy (non-hydrogen) atoms. The third-order valence-corrected chi connectivity index (χ3v) is 6.28. The summed E-state index contributed by atoms with van der Waals surface area (Å²) in [6.45, 7) is 4.44. The van der Waals surface area contributed by atoms with Gasteiger partial charge in [-0.15, -0.1) is 10.2 Å². The van der Waals surface area contributed by atoms with Crippen molar-refractivity contribution in [2.45, 2.75) is 31.7 Å². The van der Waals surface area contributed by atoms with E-state index in [1.54, 1.807) is 7.11 Å². The number of nitrogens with one attached hydrogen (secondary N) is 1. The predicted molar refractivity (Wildman–Crippen MR) is 137 cm³/mol. The van der Waals surface area contributed by atoms with Crippen LogP contribution in [0, 0.1) is 6.92 Å². The molecule has 0 spiro atoms. The number of ether oxygens (including phenoxy) is 2. The van der Waals surface area contributed by atoms with Crippen LogP contribution in [0.25, 0.3) is 5.69 Å². The summed E-state index contributed by atoms with van der Waals surface area (Å²) in [5.74, 6) is 2.04. The molecule has 1 aromatic heterocycles. The van der Waals surface area contributed by atoms with Crippen molar-refractivity contribution in [3.63, 3.8) is 0 Å². The number of benzene rings is 3. The van der Waals surface area contributed by atoms with E-state index in [1.165, 1.54) is 17.3 Å². The van der Waals surface area contributed by atoms with Gasteiger partial charge in [-0.3, -0.25) is 9.36 Å². The molecule has 0 aliphatic heterocycles. The minimum atomic E-state index is -0.413. The molecular formula is C27H28N4O3S. The normalized spacial score (nSPS) is 11.6. The molecule has 1 heterocycles. The van der Waals surface area contributed by atoms with Crippen molar-refractivity contribution < 1.29 is 14.3 Å². The van der Waals surface area contributed by atoms with E-state index in [9.17, 15) is 4.79 Å². The van der Waals surface area contributed by atoms with Gasteiger partial charge in [-0.2, -0.15) is 0 Å². The lowest BCUT2D eigenvalue weighted by atomic mass is 10.1. The lowest BCUT2D eigenvalue weighted by Crippen LogP contribution is -2.24. The molecule has 180 valence electrons. The summed E-state index contributed by atoms with van der Waals surface area (Å²) in [5.41, 5.74) is 3.15. The average molecular weight is 489 g/mol. The number of aryl methyl sites for hydroxylation is 1. The smallest absolute Gasteiger partial charge is 0.230 e. The number of methoxy groups -OCH3 is 1. The zero-order valence-electron chi connectivity index (χ0n) is 20.0. The molecule has 0 radical (unpaired) electrons. The topological polar surface area (TPSA) is 78.3 Å². The zero-order valence-corrected chi connectivity index (χ0v) is 20.8. The van der Waals surface area contributed by atoms with Crippen LogP contribution in [0.3, 0.4) is 0 Å². The largest absolute Gasteiger partial charge is 0.493 e. The average Bonchev–Trinajstić information content (AvgIpc) is 3.32. The summed E-state index contributed by atoms with van der Waals surface area (Å²) >= 11 is 1.34. The molecule has 8 heteroatoms. The Hall–Kier alpha value is -3.78. The Morgan fingerprint density at radius 1 is 0.971 bits per heavy atom. The van der Waals surface area contributed by atoms with Crippen molar-refractivity contribution in [1.82, 2.24) is 20.1 Å². The highest BCUT2D eigenvalue weighted by Crippen LogP contribution is 2.32. The summed E-state index contributed by atoms with van der Waals surface area (Å²) in [5, 5.41) is 12.4. The second kappa shape index (κ2) is 11.6. The van der Waals surface area contributed by atoms with Crippen molar-refractivity contribution in [3.8, 4) is 17.2 Å². The van der Waals surface area contributed by atoms with Crippen molar-refractivity contribution in [2.24, 2.45) is 0 Å². The fraction of sp³-hybridized carbons (Fsp3) is 0.222. The van der Waals surface area contributed by atoms with E-state index in [0.717, 1.165) is 11.3 Å². The first-order chi connectivity index (χ1) is 17.0. The van der Waals surface area contributed by atoms with Crippen molar-refractivity contribution in [1.29, 1.82) is 0 Å². The van der Waals surface area contributed by atoms with Crippen LogP contribution in [0.5, 0.6) is 11.5 Å². The number of aromatic nitrogens is 3. The summed E-state index contributed by atoms with van der Waals surface area (Å²) in [6.07, 6.45) is -0.413. The second-order valence-corrected chi connectivity index (χ2v) is 8.92. The first-order valence-electron chi connectivity index (χ1n) is 11.3. The number of carbonyl (C=O) groups excluding carboxylic acids is 1. The Balaban J connectivity index is 1.49. The van der Waals surface area contributed by atoms with Crippen LogP contribution >= 0.6 is 11.8 Å². The Morgan fingerprint density at radius 3 is 2.37 bits per heavy atom. The van der Waals surface area contributed by atoms with E-state index in [1.807, 2.05) is 97.3 Å². The number of amides is 1. The number of hydrogen-bond acceptors (Lipinski definition) is 6. The molecule has 0 aliphatic rings. The molecule has 3 aromatic carbocycles. The number of carbonyl (C=O) groups is 1. The molecule has 4 rings (SSSR count). The van der Waals surface area contributed by atoms with Crippen LogP contribution in [0.15, 0.2) is 84.0 Å². The maximum Gasteiger partial charge on any atom is 0.230 e. The van der Waals surface area contributed by atoms with Gasteiger partial charge in [0.05, 0.1) is 12.9 Å². The van der Waals surface area contributed by atoms with E-state index in [-0.39, 0.29) is 11.7 Å². The lowest BCUT2D eigenvalue weighted by Gasteiger charge is -2.18. The van der Waals surface area contributed by atoms with Gasteiger partial charge in [-0.05, 0) is 43.7 Å². The molecule has 0 saturated heterocycles. The fourth-order valence-corrected chi connectivity index (χ4v) is 4.29. The molecule has 4 aromatic rings. The minimum absolute atomic E-state index is 0.0712. The number of hydrogen-bond donors (Lipinski definition) is 1. The first-order valence-corrected chi connectivity index (χ1v) is 12.3. The maximum atomic E-state index is 12.5. The Kier molecular flexibility index (Phi) is 8.05. The maximum absolute atomic E-state index is 12.5. The van der Waals surface area contributed by atoms with E-state index in [0.29, 0.717) is 29.0 Å². The van der Waals surface area contributed by atoms with Crippen molar-refractivity contribution >= 4 is 17.7 Å². The fourth-order valence-electron chi connectivity index (χ4n) is 3.50. The highest BCUT2D eigenvalue weighted by molar-refractivity contribution is 7.99. The summed E-state index contributed by atoms with van der Waals surface area (Å²) < 4.78 is 13.5. The first kappa shape index (κ1) is 24.3. The van der Waals surface area contributed by atoms with E-state index < -0.39 is 6.10 Å². The third kappa shape index (κ3) is 6.22. The van der Waals surface area contributed by atoms with Gasteiger partial charge < -0.3 is 14.8 Å². The standard InChI is InChI=1S/C27H28N4O3S/c1-19-13-15-21(16-14-19)17-28-25(32)18-35-27-30-29-26(31(27)22-9-5-4-6-10-22)20(2)34-24-12-8-7-11-23(24)33-3/h4-16,20H,17-18H2,1-3H3,(H,28,32). The Bertz CT molecular complexity index is 1260. The van der Waals surface area contributed by atoms with Gasteiger partial charge >= 0.3 is 0 Å². The highest BCUT2D eigenvalue weighted by atomic mass is 32.2. The van der Waals surface area contributed by atoms with Gasteiger partial charge in [-0.1, -0.05) is 71.9 Å². The van der Waals surface area contributed by atoms with E-state index >= 15 is 0 Å². The third-order valence-electron chi connectivity index (χ3n) is 5.35. The van der Waals surface area contributed by atoms with Gasteiger partial charge in [0.2, 0.25) is 5.91 Å². The number of rotatable bonds is 10. The summed E-state index contributed by atoms with van der Waals surface area (Å²) in [6, 6.07) is 25.4. The van der Waals surface area contributed by atoms with Gasteiger partial charge in [-0.25, -0.2) is 0 Å². The number of nitrogens with zero attached hydrogens (tertiary/aromatic N) is 3. The van der Waals surface area contributed by atoms with Crippen LogP contribution < -0.4 is 14.8 Å². The van der Waals surface area contributed by atoms with Crippen molar-refractivity contribution in [2.75, 3.05) is 12.9 Å². The van der Waals surface area contributed by atoms with Crippen LogP contribution in [-0.2, 0) is 11.3 Å². The van der Waals surface area contributed by atoms with E-state index in [2.05, 4.69) is 15.5 Å². The van der Waals surface area contributed by atoms with Crippen LogP contribution in [0.4, 0.5) is 0 Å². The molecular weight excluding hydrogens is 460 g/mol. The molecule has 1 unspecified atom stereocenters. The highest BCUT2D eigenvalue weighted by Gasteiger charge is 2.22. The van der Waals surface area contributed by atoms with Gasteiger partial charge in [0.15, 0.2) is 28.6 Å². The molecule has 0 bridgehead atoms. The van der Waals surface area contributed by atoms with Gasteiger partial charge in [0, 0.05) is 12.2 Å². The molecule has 0 fully saturated rings. The molecule has 7 nitrogen and oxygen atoms in total. The van der Waals surface area contributed by atoms with Gasteiger partial charge in [0.25, 0.3) is 0 Å². The monoisotopic (exact) mass is 488 g/mol.